The first-order valence-corrected chi connectivity index (χ1v) is 12.2. The molecule has 1 atom stereocenters. The summed E-state index contributed by atoms with van der Waals surface area (Å²) in [5.74, 6) is 0.478. The number of carbonyl (C=O) groups excluding carboxylic acids is 2. The van der Waals surface area contributed by atoms with E-state index in [1.165, 1.54) is 4.90 Å². The third-order valence-electron chi connectivity index (χ3n) is 5.99. The van der Waals surface area contributed by atoms with Crippen molar-refractivity contribution < 1.29 is 28.9 Å². The topological polar surface area (TPSA) is 85.3 Å². The summed E-state index contributed by atoms with van der Waals surface area (Å²) in [5, 5.41) is 11.3. The minimum atomic E-state index is -0.843. The summed E-state index contributed by atoms with van der Waals surface area (Å²) in [5.41, 5.74) is 1.56. The average Bonchev–Trinajstić information content (AvgIpc) is 3.18. The number of aliphatic hydroxyl groups excluding tert-OH is 1. The highest BCUT2D eigenvalue weighted by Gasteiger charge is 2.47. The van der Waals surface area contributed by atoms with E-state index in [-0.39, 0.29) is 11.3 Å². The highest BCUT2D eigenvalue weighted by Crippen LogP contribution is 2.43. The Labute approximate surface area is 216 Å². The average molecular weight is 502 g/mol. The van der Waals surface area contributed by atoms with E-state index in [0.29, 0.717) is 53.2 Å². The number of aliphatic hydroxyl groups is 1. The second kappa shape index (κ2) is 11.2. The molecule has 1 aliphatic rings. The predicted octanol–water partition coefficient (Wildman–Crippen LogP) is 5.76. The normalized spacial score (nSPS) is 16.8. The van der Waals surface area contributed by atoms with E-state index in [1.807, 2.05) is 6.92 Å². The number of Topliss-reactive ketones (excluding diaryl/α,β-unsaturated/α-hetero) is 1. The second-order valence-corrected chi connectivity index (χ2v) is 9.10. The first-order chi connectivity index (χ1) is 17.8. The SMILES string of the molecule is CCOc1cccc(/C(O)=C2/C(=O)C(=O)N(c3ccc(OCC(C)C)cc3)C2c2ccc(OC)cc2)c1. The standard InChI is InChI=1S/C30H31NO6/c1-5-36-25-8-6-7-21(17-25)28(32)26-27(20-9-13-23(35-4)14-10-20)31(30(34)29(26)33)22-11-15-24(16-12-22)37-18-19(2)3/h6-17,19,27,32H,5,18H2,1-4H3/b28-26-. The Morgan fingerprint density at radius 1 is 0.919 bits per heavy atom. The molecule has 7 heteroatoms. The van der Waals surface area contributed by atoms with E-state index in [0.717, 1.165) is 0 Å². The molecule has 1 heterocycles. The molecule has 1 saturated heterocycles. The number of hydrogen-bond acceptors (Lipinski definition) is 6. The maximum absolute atomic E-state index is 13.4. The fraction of sp³-hybridized carbons (Fsp3) is 0.267. The number of ether oxygens (including phenoxy) is 3. The number of methoxy groups -OCH3 is 1. The molecule has 3 aromatic rings. The van der Waals surface area contributed by atoms with Crippen LogP contribution in [-0.4, -0.2) is 37.1 Å². The van der Waals surface area contributed by atoms with E-state index >= 15 is 0 Å². The highest BCUT2D eigenvalue weighted by molar-refractivity contribution is 6.51. The second-order valence-electron chi connectivity index (χ2n) is 9.10. The van der Waals surface area contributed by atoms with Crippen LogP contribution in [0.2, 0.25) is 0 Å². The molecule has 0 bridgehead atoms. The van der Waals surface area contributed by atoms with E-state index in [2.05, 4.69) is 13.8 Å². The van der Waals surface area contributed by atoms with Crippen LogP contribution >= 0.6 is 0 Å². The Morgan fingerprint density at radius 3 is 2.22 bits per heavy atom. The number of nitrogens with zero attached hydrogens (tertiary/aromatic N) is 1. The van der Waals surface area contributed by atoms with Gasteiger partial charge in [0, 0.05) is 11.3 Å². The quantitative estimate of drug-likeness (QED) is 0.228. The van der Waals surface area contributed by atoms with Gasteiger partial charge in [-0.15, -0.1) is 0 Å². The van der Waals surface area contributed by atoms with Crippen LogP contribution in [0.15, 0.2) is 78.4 Å². The first kappa shape index (κ1) is 25.8. The number of benzene rings is 3. The molecular formula is C30H31NO6. The smallest absolute Gasteiger partial charge is 0.300 e. The molecule has 0 aromatic heterocycles. The third kappa shape index (κ3) is 5.45. The lowest BCUT2D eigenvalue weighted by Crippen LogP contribution is -2.29. The van der Waals surface area contributed by atoms with Gasteiger partial charge in [-0.05, 0) is 66.9 Å². The number of ketones is 1. The van der Waals surface area contributed by atoms with Crippen molar-refractivity contribution in [3.8, 4) is 17.2 Å². The molecule has 0 saturated carbocycles. The zero-order valence-corrected chi connectivity index (χ0v) is 21.4. The molecule has 1 unspecified atom stereocenters. The number of hydrogen-bond donors (Lipinski definition) is 1. The molecule has 192 valence electrons. The van der Waals surface area contributed by atoms with Crippen molar-refractivity contribution >= 4 is 23.1 Å². The van der Waals surface area contributed by atoms with Gasteiger partial charge in [-0.3, -0.25) is 14.5 Å². The van der Waals surface area contributed by atoms with Crippen LogP contribution in [-0.2, 0) is 9.59 Å². The molecule has 1 fully saturated rings. The maximum Gasteiger partial charge on any atom is 0.300 e. The van der Waals surface area contributed by atoms with Gasteiger partial charge in [0.05, 0.1) is 31.9 Å². The summed E-state index contributed by atoms with van der Waals surface area (Å²) in [4.78, 5) is 28.2. The first-order valence-electron chi connectivity index (χ1n) is 12.2. The van der Waals surface area contributed by atoms with E-state index < -0.39 is 17.7 Å². The Bertz CT molecular complexity index is 1290. The van der Waals surface area contributed by atoms with Crippen molar-refractivity contribution in [1.29, 1.82) is 0 Å². The lowest BCUT2D eigenvalue weighted by atomic mass is 9.95. The van der Waals surface area contributed by atoms with Crippen LogP contribution in [0.25, 0.3) is 5.76 Å². The molecule has 1 aliphatic heterocycles. The zero-order chi connectivity index (χ0) is 26.5. The largest absolute Gasteiger partial charge is 0.507 e. The molecule has 1 N–H and O–H groups in total. The fourth-order valence-corrected chi connectivity index (χ4v) is 4.22. The molecule has 0 aliphatic carbocycles. The van der Waals surface area contributed by atoms with E-state index in [1.54, 1.807) is 79.9 Å². The van der Waals surface area contributed by atoms with Crippen molar-refractivity contribution in [3.05, 3.63) is 89.5 Å². The zero-order valence-electron chi connectivity index (χ0n) is 21.4. The molecule has 0 spiro atoms. The summed E-state index contributed by atoms with van der Waals surface area (Å²) in [6.07, 6.45) is 0. The van der Waals surface area contributed by atoms with Crippen LogP contribution in [0, 0.1) is 5.92 Å². The Balaban J connectivity index is 1.82. The number of amides is 1. The Kier molecular flexibility index (Phi) is 7.82. The van der Waals surface area contributed by atoms with Crippen molar-refractivity contribution in [2.45, 2.75) is 26.8 Å². The van der Waals surface area contributed by atoms with Crippen LogP contribution in [0.5, 0.6) is 17.2 Å². The molecule has 0 radical (unpaired) electrons. The minimum Gasteiger partial charge on any atom is -0.507 e. The van der Waals surface area contributed by atoms with Gasteiger partial charge in [0.15, 0.2) is 0 Å². The third-order valence-corrected chi connectivity index (χ3v) is 5.99. The summed E-state index contributed by atoms with van der Waals surface area (Å²) in [6.45, 7) is 7.01. The van der Waals surface area contributed by atoms with Crippen LogP contribution in [0.4, 0.5) is 5.69 Å². The van der Waals surface area contributed by atoms with Gasteiger partial charge >= 0.3 is 0 Å². The van der Waals surface area contributed by atoms with Gasteiger partial charge in [-0.2, -0.15) is 0 Å². The lowest BCUT2D eigenvalue weighted by Gasteiger charge is -2.26. The van der Waals surface area contributed by atoms with Gasteiger partial charge in [0.25, 0.3) is 11.7 Å². The molecular weight excluding hydrogens is 470 g/mol. The summed E-state index contributed by atoms with van der Waals surface area (Å²) in [7, 11) is 1.56. The van der Waals surface area contributed by atoms with E-state index in [9.17, 15) is 14.7 Å². The predicted molar refractivity (Wildman–Crippen MR) is 142 cm³/mol. The summed E-state index contributed by atoms with van der Waals surface area (Å²) < 4.78 is 16.6. The summed E-state index contributed by atoms with van der Waals surface area (Å²) in [6, 6.07) is 20.1. The summed E-state index contributed by atoms with van der Waals surface area (Å²) >= 11 is 0. The molecule has 3 aromatic carbocycles. The number of anilines is 1. The highest BCUT2D eigenvalue weighted by atomic mass is 16.5. The van der Waals surface area contributed by atoms with Crippen molar-refractivity contribution in [3.63, 3.8) is 0 Å². The minimum absolute atomic E-state index is 0.00366. The van der Waals surface area contributed by atoms with Crippen molar-refractivity contribution in [2.24, 2.45) is 5.92 Å². The monoisotopic (exact) mass is 501 g/mol. The molecule has 37 heavy (non-hydrogen) atoms. The van der Waals surface area contributed by atoms with Gasteiger partial charge < -0.3 is 19.3 Å². The maximum atomic E-state index is 13.4. The van der Waals surface area contributed by atoms with Crippen LogP contribution < -0.4 is 19.1 Å². The molecule has 1 amide bonds. The number of carbonyl (C=O) groups is 2. The van der Waals surface area contributed by atoms with Crippen molar-refractivity contribution in [1.82, 2.24) is 0 Å². The molecule has 4 rings (SSSR count). The van der Waals surface area contributed by atoms with Gasteiger partial charge in [0.1, 0.15) is 23.0 Å². The fourth-order valence-electron chi connectivity index (χ4n) is 4.22. The van der Waals surface area contributed by atoms with Crippen molar-refractivity contribution in [2.75, 3.05) is 25.2 Å². The number of rotatable bonds is 9. The van der Waals surface area contributed by atoms with Crippen LogP contribution in [0.1, 0.15) is 37.9 Å². The molecule has 7 nitrogen and oxygen atoms in total. The van der Waals surface area contributed by atoms with Gasteiger partial charge in [-0.25, -0.2) is 0 Å². The van der Waals surface area contributed by atoms with Gasteiger partial charge in [-0.1, -0.05) is 38.1 Å². The Morgan fingerprint density at radius 2 is 1.59 bits per heavy atom. The van der Waals surface area contributed by atoms with E-state index in [4.69, 9.17) is 14.2 Å². The lowest BCUT2D eigenvalue weighted by molar-refractivity contribution is -0.132. The van der Waals surface area contributed by atoms with Crippen LogP contribution in [0.3, 0.4) is 0 Å². The Hall–Kier alpha value is -4.26. The van der Waals surface area contributed by atoms with Gasteiger partial charge in [0.2, 0.25) is 0 Å².